The first-order chi connectivity index (χ1) is 10.1. The number of carbonyl (C=O) groups is 2. The molecule has 1 aromatic carbocycles. The maximum atomic E-state index is 11.7. The van der Waals surface area contributed by atoms with Crippen LogP contribution in [0.25, 0.3) is 0 Å². The highest BCUT2D eigenvalue weighted by atomic mass is 32.2. The van der Waals surface area contributed by atoms with Crippen molar-refractivity contribution in [3.63, 3.8) is 0 Å². The molecule has 0 aliphatic carbocycles. The molecule has 0 aliphatic rings. The zero-order valence-corrected chi connectivity index (χ0v) is 11.9. The van der Waals surface area contributed by atoms with Crippen LogP contribution >= 0.6 is 11.8 Å². The van der Waals surface area contributed by atoms with E-state index >= 15 is 0 Å². The first-order valence-corrected chi connectivity index (χ1v) is 7.12. The summed E-state index contributed by atoms with van der Waals surface area (Å²) in [6.07, 6.45) is 1.59. The zero-order valence-electron chi connectivity index (χ0n) is 11.1. The van der Waals surface area contributed by atoms with Crippen LogP contribution in [-0.2, 0) is 4.79 Å². The van der Waals surface area contributed by atoms with Crippen molar-refractivity contribution in [1.82, 2.24) is 15.8 Å². The van der Waals surface area contributed by atoms with E-state index in [4.69, 9.17) is 5.73 Å². The third-order valence-electron chi connectivity index (χ3n) is 2.48. The molecule has 0 bridgehead atoms. The van der Waals surface area contributed by atoms with Gasteiger partial charge in [0.25, 0.3) is 5.91 Å². The number of nitrogen functional groups attached to an aromatic ring is 1. The van der Waals surface area contributed by atoms with Crippen LogP contribution in [0.1, 0.15) is 10.4 Å². The van der Waals surface area contributed by atoms with Crippen molar-refractivity contribution in [3.8, 4) is 0 Å². The number of anilines is 1. The largest absolute Gasteiger partial charge is 0.384 e. The number of pyridine rings is 1. The van der Waals surface area contributed by atoms with E-state index in [9.17, 15) is 9.59 Å². The van der Waals surface area contributed by atoms with E-state index in [1.54, 1.807) is 42.6 Å². The fourth-order valence-corrected chi connectivity index (χ4v) is 2.11. The molecule has 2 rings (SSSR count). The number of hydrogen-bond acceptors (Lipinski definition) is 5. The number of carbonyl (C=O) groups excluding carboxylic acids is 2. The Labute approximate surface area is 126 Å². The molecule has 7 heteroatoms. The van der Waals surface area contributed by atoms with Gasteiger partial charge in [0.05, 0.1) is 5.75 Å². The lowest BCUT2D eigenvalue weighted by molar-refractivity contribution is -0.119. The molecule has 21 heavy (non-hydrogen) atoms. The second-order valence-electron chi connectivity index (χ2n) is 4.08. The first-order valence-electron chi connectivity index (χ1n) is 6.14. The Morgan fingerprint density at radius 1 is 1.10 bits per heavy atom. The van der Waals surface area contributed by atoms with Crippen molar-refractivity contribution in [3.05, 3.63) is 54.2 Å². The van der Waals surface area contributed by atoms with Crippen LogP contribution in [0.5, 0.6) is 0 Å². The van der Waals surface area contributed by atoms with Crippen molar-refractivity contribution in [2.45, 2.75) is 4.90 Å². The average Bonchev–Trinajstić information content (AvgIpc) is 2.53. The summed E-state index contributed by atoms with van der Waals surface area (Å²) < 4.78 is 0. The molecule has 6 nitrogen and oxygen atoms in total. The molecule has 0 fully saturated rings. The smallest absolute Gasteiger partial charge is 0.269 e. The third kappa shape index (κ3) is 4.81. The maximum Gasteiger partial charge on any atom is 0.269 e. The summed E-state index contributed by atoms with van der Waals surface area (Å²) in [5.41, 5.74) is 10.7. The average molecular weight is 302 g/mol. The van der Waals surface area contributed by atoms with E-state index in [0.29, 0.717) is 11.4 Å². The number of nitrogens with zero attached hydrogens (tertiary/aromatic N) is 1. The van der Waals surface area contributed by atoms with Gasteiger partial charge >= 0.3 is 0 Å². The van der Waals surface area contributed by atoms with E-state index in [0.717, 1.165) is 4.90 Å². The summed E-state index contributed by atoms with van der Waals surface area (Å²) >= 11 is 1.30. The molecule has 0 atom stereocenters. The van der Waals surface area contributed by atoms with Gasteiger partial charge in [-0.05, 0) is 24.3 Å². The van der Waals surface area contributed by atoms with Crippen molar-refractivity contribution in [2.75, 3.05) is 11.5 Å². The van der Waals surface area contributed by atoms with Gasteiger partial charge in [0, 0.05) is 16.7 Å². The van der Waals surface area contributed by atoms with Gasteiger partial charge in [-0.2, -0.15) is 0 Å². The fourth-order valence-electron chi connectivity index (χ4n) is 1.45. The minimum absolute atomic E-state index is 0.167. The minimum Gasteiger partial charge on any atom is -0.384 e. The molecule has 0 spiro atoms. The van der Waals surface area contributed by atoms with E-state index in [2.05, 4.69) is 15.8 Å². The summed E-state index contributed by atoms with van der Waals surface area (Å²) in [5.74, 6) is -0.0659. The third-order valence-corrected chi connectivity index (χ3v) is 3.46. The minimum atomic E-state index is -0.358. The molecule has 2 amide bonds. The van der Waals surface area contributed by atoms with Crippen molar-refractivity contribution >= 4 is 29.4 Å². The molecule has 4 N–H and O–H groups in total. The van der Waals surface area contributed by atoms with Gasteiger partial charge in [-0.3, -0.25) is 20.4 Å². The Kier molecular flexibility index (Phi) is 5.16. The number of hydrazine groups is 1. The number of rotatable bonds is 4. The summed E-state index contributed by atoms with van der Waals surface area (Å²) in [4.78, 5) is 28.1. The highest BCUT2D eigenvalue weighted by Gasteiger charge is 2.07. The van der Waals surface area contributed by atoms with Crippen LogP contribution in [0.3, 0.4) is 0 Å². The van der Waals surface area contributed by atoms with E-state index in [1.807, 2.05) is 6.07 Å². The van der Waals surface area contributed by atoms with Crippen molar-refractivity contribution < 1.29 is 9.59 Å². The summed E-state index contributed by atoms with van der Waals surface area (Å²) in [5, 5.41) is 0. The number of nitrogens with one attached hydrogen (secondary N) is 2. The molecular weight excluding hydrogens is 288 g/mol. The lowest BCUT2D eigenvalue weighted by atomic mass is 10.2. The number of benzene rings is 1. The Balaban J connectivity index is 1.75. The Hall–Kier alpha value is -2.54. The predicted octanol–water partition coefficient (Wildman–Crippen LogP) is 1.22. The fraction of sp³-hybridized carbons (Fsp3) is 0.0714. The highest BCUT2D eigenvalue weighted by Crippen LogP contribution is 2.16. The molecule has 1 aromatic heterocycles. The molecule has 0 saturated carbocycles. The van der Waals surface area contributed by atoms with E-state index < -0.39 is 0 Å². The number of nitrogens with two attached hydrogens (primary N) is 1. The molecular formula is C14H14N4O2S. The van der Waals surface area contributed by atoms with Gasteiger partial charge < -0.3 is 5.73 Å². The highest BCUT2D eigenvalue weighted by molar-refractivity contribution is 8.00. The van der Waals surface area contributed by atoms with Crippen LogP contribution in [0.4, 0.5) is 5.82 Å². The predicted molar refractivity (Wildman–Crippen MR) is 81.4 cm³/mol. The Morgan fingerprint density at radius 2 is 1.86 bits per heavy atom. The molecule has 0 radical (unpaired) electrons. The zero-order chi connectivity index (χ0) is 15.1. The molecule has 0 aliphatic heterocycles. The second-order valence-corrected chi connectivity index (χ2v) is 5.12. The van der Waals surface area contributed by atoms with Gasteiger partial charge in [0.15, 0.2) is 0 Å². The van der Waals surface area contributed by atoms with Gasteiger partial charge in [0.1, 0.15) is 5.82 Å². The monoisotopic (exact) mass is 302 g/mol. The molecule has 1 heterocycles. The van der Waals surface area contributed by atoms with Gasteiger partial charge in [-0.15, -0.1) is 11.8 Å². The SMILES string of the molecule is Nc1ccc(SCC(=O)NNC(=O)c2ccccc2)cn1. The molecule has 2 aromatic rings. The maximum absolute atomic E-state index is 11.7. The van der Waals surface area contributed by atoms with Gasteiger partial charge in [-0.25, -0.2) is 4.98 Å². The molecule has 0 saturated heterocycles. The van der Waals surface area contributed by atoms with E-state index in [-0.39, 0.29) is 17.6 Å². The molecule has 108 valence electrons. The van der Waals surface area contributed by atoms with Crippen LogP contribution in [-0.4, -0.2) is 22.6 Å². The summed E-state index contributed by atoms with van der Waals surface area (Å²) in [6.45, 7) is 0. The van der Waals surface area contributed by atoms with Gasteiger partial charge in [0.2, 0.25) is 5.91 Å². The lowest BCUT2D eigenvalue weighted by Gasteiger charge is -2.07. The van der Waals surface area contributed by atoms with Crippen LogP contribution < -0.4 is 16.6 Å². The van der Waals surface area contributed by atoms with Crippen LogP contribution in [0.15, 0.2) is 53.6 Å². The lowest BCUT2D eigenvalue weighted by Crippen LogP contribution is -2.42. The Bertz CT molecular complexity index is 617. The van der Waals surface area contributed by atoms with Crippen molar-refractivity contribution in [1.29, 1.82) is 0 Å². The van der Waals surface area contributed by atoms with Gasteiger partial charge in [-0.1, -0.05) is 18.2 Å². The number of thioether (sulfide) groups is 1. The normalized spacial score (nSPS) is 9.90. The van der Waals surface area contributed by atoms with E-state index in [1.165, 1.54) is 11.8 Å². The number of aromatic nitrogens is 1. The molecule has 0 unspecified atom stereocenters. The number of hydrogen-bond donors (Lipinski definition) is 3. The first kappa shape index (κ1) is 14.9. The summed E-state index contributed by atoms with van der Waals surface area (Å²) in [7, 11) is 0. The van der Waals surface area contributed by atoms with Crippen molar-refractivity contribution in [2.24, 2.45) is 0 Å². The van der Waals surface area contributed by atoms with Crippen LogP contribution in [0, 0.1) is 0 Å². The number of amides is 2. The second kappa shape index (κ2) is 7.30. The topological polar surface area (TPSA) is 97.1 Å². The van der Waals surface area contributed by atoms with Crippen LogP contribution in [0.2, 0.25) is 0 Å². The Morgan fingerprint density at radius 3 is 2.52 bits per heavy atom. The standard InChI is InChI=1S/C14H14N4O2S/c15-12-7-6-11(8-16-12)21-9-13(19)17-18-14(20)10-4-2-1-3-5-10/h1-8H,9H2,(H2,15,16)(H,17,19)(H,18,20). The summed E-state index contributed by atoms with van der Waals surface area (Å²) in [6, 6.07) is 12.1. The quantitative estimate of drug-likeness (QED) is 0.583.